The Bertz CT molecular complexity index is 1290. The zero-order valence-corrected chi connectivity index (χ0v) is 18.4. The molecule has 0 bridgehead atoms. The van der Waals surface area contributed by atoms with Crippen LogP contribution in [0.25, 0.3) is 17.0 Å². The smallest absolute Gasteiger partial charge is 0.269 e. The number of non-ortho nitro benzene ring substituents is 1. The lowest BCUT2D eigenvalue weighted by atomic mass is 9.92. The molecule has 0 radical (unpaired) electrons. The summed E-state index contributed by atoms with van der Waals surface area (Å²) < 4.78 is 7.36. The SMILES string of the molecule is Cc1cccc(OCc2cc([N+](=O)[O-])ccc2-c2nn3nc(C(C)(C)C)c(Cl)c3[nH]2)c1. The topological polar surface area (TPSA) is 98.3 Å². The number of benzene rings is 2. The minimum Gasteiger partial charge on any atom is -0.489 e. The molecule has 0 fully saturated rings. The maximum Gasteiger partial charge on any atom is 0.269 e. The molecule has 0 aliphatic heterocycles. The van der Waals surface area contributed by atoms with Gasteiger partial charge in [-0.25, -0.2) is 0 Å². The molecule has 4 rings (SSSR count). The standard InChI is InChI=1S/C22H22ClN5O3/c1-13-6-5-7-16(10-13)31-12-14-11-15(28(29)30)8-9-17(14)20-24-21-18(23)19(22(2,3)4)25-27(21)26-20/h5-11H,12H2,1-4H3,(H,24,26). The van der Waals surface area contributed by atoms with E-state index in [1.807, 2.05) is 52.0 Å². The summed E-state index contributed by atoms with van der Waals surface area (Å²) in [5, 5.41) is 20.8. The first kappa shape index (κ1) is 20.9. The lowest BCUT2D eigenvalue weighted by molar-refractivity contribution is -0.384. The van der Waals surface area contributed by atoms with Gasteiger partial charge in [-0.3, -0.25) is 10.1 Å². The summed E-state index contributed by atoms with van der Waals surface area (Å²) in [5.74, 6) is 1.19. The van der Waals surface area contributed by atoms with Gasteiger partial charge in [0.1, 0.15) is 17.4 Å². The van der Waals surface area contributed by atoms with Gasteiger partial charge in [0.2, 0.25) is 0 Å². The van der Waals surface area contributed by atoms with E-state index in [1.165, 1.54) is 16.8 Å². The summed E-state index contributed by atoms with van der Waals surface area (Å²) in [4.78, 5) is 14.1. The van der Waals surface area contributed by atoms with Crippen molar-refractivity contribution in [2.45, 2.75) is 39.7 Å². The highest BCUT2D eigenvalue weighted by atomic mass is 35.5. The maximum atomic E-state index is 11.3. The largest absolute Gasteiger partial charge is 0.489 e. The molecule has 2 heterocycles. The van der Waals surface area contributed by atoms with Gasteiger partial charge in [0.15, 0.2) is 11.5 Å². The Labute approximate surface area is 184 Å². The van der Waals surface area contributed by atoms with Crippen molar-refractivity contribution in [3.8, 4) is 17.1 Å². The van der Waals surface area contributed by atoms with Crippen LogP contribution in [0, 0.1) is 17.0 Å². The molecule has 0 amide bonds. The molecule has 2 aromatic carbocycles. The average molecular weight is 440 g/mol. The lowest BCUT2D eigenvalue weighted by Gasteiger charge is -2.14. The Balaban J connectivity index is 1.74. The lowest BCUT2D eigenvalue weighted by Crippen LogP contribution is -2.13. The highest BCUT2D eigenvalue weighted by Crippen LogP contribution is 2.33. The van der Waals surface area contributed by atoms with E-state index in [0.29, 0.717) is 33.4 Å². The van der Waals surface area contributed by atoms with Gasteiger partial charge in [-0.15, -0.1) is 9.73 Å². The first-order chi connectivity index (χ1) is 14.6. The molecule has 31 heavy (non-hydrogen) atoms. The van der Waals surface area contributed by atoms with Crippen LogP contribution >= 0.6 is 11.6 Å². The molecule has 2 aromatic heterocycles. The van der Waals surface area contributed by atoms with E-state index in [9.17, 15) is 10.1 Å². The van der Waals surface area contributed by atoms with Crippen molar-refractivity contribution in [2.24, 2.45) is 0 Å². The van der Waals surface area contributed by atoms with E-state index in [2.05, 4.69) is 15.2 Å². The van der Waals surface area contributed by atoms with E-state index >= 15 is 0 Å². The molecular weight excluding hydrogens is 418 g/mol. The molecule has 0 spiro atoms. The van der Waals surface area contributed by atoms with E-state index < -0.39 is 4.92 Å². The third kappa shape index (κ3) is 4.11. The first-order valence-corrected chi connectivity index (χ1v) is 10.1. The quantitative estimate of drug-likeness (QED) is 0.328. The van der Waals surface area contributed by atoms with E-state index in [0.717, 1.165) is 11.3 Å². The number of aromatic nitrogens is 4. The van der Waals surface area contributed by atoms with Crippen LogP contribution in [0.15, 0.2) is 42.5 Å². The monoisotopic (exact) mass is 439 g/mol. The fraction of sp³-hybridized carbons (Fsp3) is 0.273. The summed E-state index contributed by atoms with van der Waals surface area (Å²) >= 11 is 6.54. The zero-order valence-electron chi connectivity index (χ0n) is 17.6. The third-order valence-corrected chi connectivity index (χ3v) is 5.25. The average Bonchev–Trinajstić information content (AvgIpc) is 3.25. The van der Waals surface area contributed by atoms with Gasteiger partial charge in [0.25, 0.3) is 5.69 Å². The van der Waals surface area contributed by atoms with Crippen molar-refractivity contribution in [3.05, 3.63) is 74.4 Å². The first-order valence-electron chi connectivity index (χ1n) is 9.75. The molecule has 0 aliphatic carbocycles. The van der Waals surface area contributed by atoms with Gasteiger partial charge in [0.05, 0.1) is 10.6 Å². The fourth-order valence-electron chi connectivity index (χ4n) is 3.31. The molecule has 1 N–H and O–H groups in total. The Hall–Kier alpha value is -3.39. The number of nitrogens with zero attached hydrogens (tertiary/aromatic N) is 4. The maximum absolute atomic E-state index is 11.3. The summed E-state index contributed by atoms with van der Waals surface area (Å²) in [6.07, 6.45) is 0. The molecule has 4 aromatic rings. The number of nitro groups is 1. The van der Waals surface area contributed by atoms with Crippen LogP contribution in [0.2, 0.25) is 5.02 Å². The molecule has 9 heteroatoms. The number of fused-ring (bicyclic) bond motifs is 1. The van der Waals surface area contributed by atoms with Gasteiger partial charge in [-0.1, -0.05) is 44.5 Å². The van der Waals surface area contributed by atoms with Gasteiger partial charge in [0, 0.05) is 28.7 Å². The fourth-order valence-corrected chi connectivity index (χ4v) is 3.75. The Morgan fingerprint density at radius 1 is 1.19 bits per heavy atom. The molecule has 0 aliphatic rings. The number of ether oxygens (including phenoxy) is 1. The Morgan fingerprint density at radius 3 is 2.61 bits per heavy atom. The highest BCUT2D eigenvalue weighted by molar-refractivity contribution is 6.34. The van der Waals surface area contributed by atoms with Crippen molar-refractivity contribution in [1.82, 2.24) is 19.8 Å². The molecular formula is C22H22ClN5O3. The summed E-state index contributed by atoms with van der Waals surface area (Å²) in [7, 11) is 0. The van der Waals surface area contributed by atoms with Crippen LogP contribution in [-0.4, -0.2) is 24.7 Å². The normalized spacial score (nSPS) is 11.8. The number of nitro benzene ring substituents is 1. The van der Waals surface area contributed by atoms with Crippen molar-refractivity contribution >= 4 is 22.9 Å². The minimum atomic E-state index is -0.429. The number of rotatable bonds is 5. The molecule has 0 saturated heterocycles. The Morgan fingerprint density at radius 2 is 1.97 bits per heavy atom. The number of aromatic amines is 1. The predicted octanol–water partition coefficient (Wildman–Crippen LogP) is 5.47. The van der Waals surface area contributed by atoms with E-state index in [-0.39, 0.29) is 17.7 Å². The van der Waals surface area contributed by atoms with Crippen LogP contribution < -0.4 is 4.74 Å². The van der Waals surface area contributed by atoms with Crippen LogP contribution in [-0.2, 0) is 12.0 Å². The van der Waals surface area contributed by atoms with Crippen LogP contribution in [0.1, 0.15) is 37.6 Å². The van der Waals surface area contributed by atoms with Crippen molar-refractivity contribution in [2.75, 3.05) is 0 Å². The zero-order chi connectivity index (χ0) is 22.3. The predicted molar refractivity (Wildman–Crippen MR) is 119 cm³/mol. The van der Waals surface area contributed by atoms with Gasteiger partial charge in [-0.2, -0.15) is 5.10 Å². The Kier molecular flexibility index (Phi) is 5.18. The van der Waals surface area contributed by atoms with Crippen LogP contribution in [0.4, 0.5) is 5.69 Å². The second-order valence-corrected chi connectivity index (χ2v) is 8.81. The second kappa shape index (κ2) is 7.70. The molecule has 160 valence electrons. The van der Waals surface area contributed by atoms with Gasteiger partial charge >= 0.3 is 0 Å². The summed E-state index contributed by atoms with van der Waals surface area (Å²) in [6.45, 7) is 8.19. The molecule has 0 unspecified atom stereocenters. The number of H-pyrrole nitrogens is 1. The van der Waals surface area contributed by atoms with Crippen LogP contribution in [0.3, 0.4) is 0 Å². The van der Waals surface area contributed by atoms with Gasteiger partial charge < -0.3 is 9.72 Å². The number of halogens is 1. The third-order valence-electron chi connectivity index (χ3n) is 4.89. The number of hydrogen-bond donors (Lipinski definition) is 1. The van der Waals surface area contributed by atoms with E-state index in [4.69, 9.17) is 16.3 Å². The molecule has 0 saturated carbocycles. The molecule has 0 atom stereocenters. The highest BCUT2D eigenvalue weighted by Gasteiger charge is 2.26. The summed E-state index contributed by atoms with van der Waals surface area (Å²) in [6, 6.07) is 12.2. The van der Waals surface area contributed by atoms with Crippen molar-refractivity contribution in [3.63, 3.8) is 0 Å². The minimum absolute atomic E-state index is 0.0176. The number of nitrogens with one attached hydrogen (secondary N) is 1. The molecule has 8 nitrogen and oxygen atoms in total. The van der Waals surface area contributed by atoms with Crippen LogP contribution in [0.5, 0.6) is 5.75 Å². The van der Waals surface area contributed by atoms with Crippen molar-refractivity contribution < 1.29 is 9.66 Å². The second-order valence-electron chi connectivity index (χ2n) is 8.43. The van der Waals surface area contributed by atoms with E-state index in [1.54, 1.807) is 6.07 Å². The number of hydrogen-bond acceptors (Lipinski definition) is 5. The number of aryl methyl sites for hydroxylation is 1. The van der Waals surface area contributed by atoms with Gasteiger partial charge in [-0.05, 0) is 30.7 Å². The summed E-state index contributed by atoms with van der Waals surface area (Å²) in [5.41, 5.74) is 3.43. The van der Waals surface area contributed by atoms with Crippen molar-refractivity contribution in [1.29, 1.82) is 0 Å².